The molecule has 0 unspecified atom stereocenters. The summed E-state index contributed by atoms with van der Waals surface area (Å²) in [7, 11) is -2.88. The second-order valence-corrected chi connectivity index (χ2v) is 13.2. The number of anilines is 2. The average Bonchev–Trinajstić information content (AvgIpc) is 3.25. The number of carbonyl (C=O) groups excluding carboxylic acids is 2. The zero-order valence-corrected chi connectivity index (χ0v) is 24.4. The molecular weight excluding hydrogens is 599 g/mol. The Morgan fingerprint density at radius 2 is 1.16 bits per heavy atom. The number of carbonyl (C=O) groups is 2. The van der Waals surface area contributed by atoms with Crippen LogP contribution in [0.15, 0.2) is 24.3 Å². The summed E-state index contributed by atoms with van der Waals surface area (Å²) in [5.41, 5.74) is -6.18. The second kappa shape index (κ2) is 10.6. The van der Waals surface area contributed by atoms with Gasteiger partial charge < -0.3 is 19.1 Å². The van der Waals surface area contributed by atoms with Crippen LogP contribution in [0, 0.1) is 11.6 Å². The average molecular weight is 631 g/mol. The van der Waals surface area contributed by atoms with E-state index in [9.17, 15) is 45.1 Å². The SMILES string of the molecule is CN1C(=O)C2(CCCCC2)c2c(F)cc(O)cc21.CN1C(=O)C2(CCCCC2)c2c(F)cc(OS(=O)(=O)C(F)(F)F)cc21. The van der Waals surface area contributed by atoms with Crippen LogP contribution in [0.2, 0.25) is 0 Å². The maximum Gasteiger partial charge on any atom is 0.534 e. The Kier molecular flexibility index (Phi) is 7.67. The molecule has 2 aromatic carbocycles. The maximum absolute atomic E-state index is 14.7. The van der Waals surface area contributed by atoms with Gasteiger partial charge in [-0.1, -0.05) is 38.5 Å². The smallest absolute Gasteiger partial charge is 0.508 e. The van der Waals surface area contributed by atoms with Gasteiger partial charge >= 0.3 is 15.6 Å². The van der Waals surface area contributed by atoms with Gasteiger partial charge in [0.1, 0.15) is 23.1 Å². The minimum absolute atomic E-state index is 0.0262. The van der Waals surface area contributed by atoms with Crippen LogP contribution in [0.4, 0.5) is 33.3 Å². The normalized spacial score (nSPS) is 20.6. The van der Waals surface area contributed by atoms with Crippen molar-refractivity contribution in [2.24, 2.45) is 0 Å². The minimum atomic E-state index is -5.92. The summed E-state index contributed by atoms with van der Waals surface area (Å²) in [6.07, 6.45) is 7.73. The molecule has 2 fully saturated rings. The van der Waals surface area contributed by atoms with Gasteiger partial charge in [0.15, 0.2) is 0 Å². The van der Waals surface area contributed by atoms with E-state index in [2.05, 4.69) is 4.18 Å². The molecule has 2 aliphatic carbocycles. The van der Waals surface area contributed by atoms with Crippen molar-refractivity contribution in [3.63, 3.8) is 0 Å². The predicted octanol–water partition coefficient (Wildman–Crippen LogP) is 5.94. The quantitative estimate of drug-likeness (QED) is 0.250. The summed E-state index contributed by atoms with van der Waals surface area (Å²) in [6, 6.07) is 4.15. The molecule has 0 radical (unpaired) electrons. The lowest BCUT2D eigenvalue weighted by molar-refractivity contribution is -0.124. The van der Waals surface area contributed by atoms with Crippen LogP contribution in [0.1, 0.15) is 75.3 Å². The number of alkyl halides is 3. The van der Waals surface area contributed by atoms with E-state index in [1.807, 2.05) is 0 Å². The summed E-state index contributed by atoms with van der Waals surface area (Å²) in [4.78, 5) is 27.8. The van der Waals surface area contributed by atoms with Crippen molar-refractivity contribution in [1.29, 1.82) is 0 Å². The van der Waals surface area contributed by atoms with Gasteiger partial charge in [0.05, 0.1) is 22.2 Å². The van der Waals surface area contributed by atoms with Crippen molar-refractivity contribution in [2.45, 2.75) is 80.5 Å². The van der Waals surface area contributed by atoms with Crippen molar-refractivity contribution in [3.05, 3.63) is 47.0 Å². The van der Waals surface area contributed by atoms with Crippen molar-refractivity contribution in [2.75, 3.05) is 23.9 Å². The highest BCUT2D eigenvalue weighted by Crippen LogP contribution is 2.53. The molecule has 14 heteroatoms. The number of phenols is 1. The molecule has 2 aromatic rings. The Morgan fingerprint density at radius 3 is 1.60 bits per heavy atom. The molecule has 43 heavy (non-hydrogen) atoms. The summed E-state index contributed by atoms with van der Waals surface area (Å²) in [5.74, 6) is -2.70. The van der Waals surface area contributed by atoms with E-state index in [4.69, 9.17) is 0 Å². The summed E-state index contributed by atoms with van der Waals surface area (Å²) in [6.45, 7) is 0. The van der Waals surface area contributed by atoms with Gasteiger partial charge in [0.2, 0.25) is 11.8 Å². The molecule has 2 amide bonds. The summed E-state index contributed by atoms with van der Waals surface area (Å²) in [5, 5.41) is 9.49. The van der Waals surface area contributed by atoms with E-state index < -0.39 is 43.8 Å². The highest BCUT2D eigenvalue weighted by Gasteiger charge is 2.54. The molecule has 4 aliphatic rings. The first-order chi connectivity index (χ1) is 20.1. The van der Waals surface area contributed by atoms with Gasteiger partial charge in [-0.2, -0.15) is 21.6 Å². The van der Waals surface area contributed by atoms with Crippen LogP contribution < -0.4 is 14.0 Å². The Morgan fingerprint density at radius 1 is 0.744 bits per heavy atom. The molecular formula is C29H31F5N2O6S. The maximum atomic E-state index is 14.7. The third-order valence-electron chi connectivity index (χ3n) is 9.11. The van der Waals surface area contributed by atoms with Crippen molar-refractivity contribution >= 4 is 33.3 Å². The second-order valence-electron chi connectivity index (χ2n) is 11.6. The molecule has 0 aromatic heterocycles. The number of hydrogen-bond acceptors (Lipinski definition) is 6. The van der Waals surface area contributed by atoms with Gasteiger partial charge in [-0.25, -0.2) is 8.78 Å². The molecule has 0 saturated heterocycles. The number of phenolic OH excluding ortho intramolecular Hbond substituents is 1. The lowest BCUT2D eigenvalue weighted by Gasteiger charge is -2.32. The van der Waals surface area contributed by atoms with Crippen molar-refractivity contribution in [3.8, 4) is 11.5 Å². The third-order valence-corrected chi connectivity index (χ3v) is 10.1. The standard InChI is InChI=1S/C15H15F4NO4S.C14H16FNO2/c1-20-11-8-9(24-25(22,23)15(17,18)19)7-10(16)12(11)14(13(20)21)5-3-2-4-6-14;1-16-11-8-9(17)7-10(15)12(11)14(13(16)18)5-3-2-4-6-14/h7-8H,2-6H2,1H3;7-8,17H,2-6H2,1H3. The van der Waals surface area contributed by atoms with Crippen LogP contribution in [0.5, 0.6) is 11.5 Å². The monoisotopic (exact) mass is 630 g/mol. The van der Waals surface area contributed by atoms with E-state index in [0.717, 1.165) is 55.6 Å². The first-order valence-corrected chi connectivity index (χ1v) is 15.4. The minimum Gasteiger partial charge on any atom is -0.508 e. The van der Waals surface area contributed by atoms with Crippen LogP contribution >= 0.6 is 0 Å². The highest BCUT2D eigenvalue weighted by molar-refractivity contribution is 7.88. The fourth-order valence-corrected chi connectivity index (χ4v) is 7.60. The van der Waals surface area contributed by atoms with Crippen LogP contribution in [-0.2, 0) is 30.5 Å². The first-order valence-electron chi connectivity index (χ1n) is 14.0. The van der Waals surface area contributed by atoms with Gasteiger partial charge in [0, 0.05) is 49.5 Å². The fraction of sp³-hybridized carbons (Fsp3) is 0.517. The van der Waals surface area contributed by atoms with Crippen molar-refractivity contribution in [1.82, 2.24) is 0 Å². The van der Waals surface area contributed by atoms with E-state index in [0.29, 0.717) is 43.0 Å². The Labute approximate surface area is 245 Å². The number of likely N-dealkylation sites (N-methyl/N-ethyl adjacent to an activating group) is 2. The number of rotatable bonds is 2. The molecule has 1 N–H and O–H groups in total. The number of hydrogen-bond donors (Lipinski definition) is 1. The molecule has 0 bridgehead atoms. The fourth-order valence-electron chi connectivity index (χ4n) is 7.16. The van der Waals surface area contributed by atoms with Gasteiger partial charge in [0.25, 0.3) is 0 Å². The molecule has 6 rings (SSSR count). The van der Waals surface area contributed by atoms with Crippen molar-refractivity contribution < 1.29 is 49.2 Å². The third kappa shape index (κ3) is 4.91. The zero-order chi connectivity index (χ0) is 31.5. The molecule has 2 saturated carbocycles. The lowest BCUT2D eigenvalue weighted by atomic mass is 9.70. The van der Waals surface area contributed by atoms with E-state index in [1.165, 1.54) is 18.0 Å². The number of aromatic hydroxyl groups is 1. The van der Waals surface area contributed by atoms with Gasteiger partial charge in [-0.15, -0.1) is 0 Å². The largest absolute Gasteiger partial charge is 0.534 e. The van der Waals surface area contributed by atoms with E-state index in [-0.39, 0.29) is 28.8 Å². The first kappa shape index (κ1) is 31.0. The number of benzene rings is 2. The Hall–Kier alpha value is -3.42. The number of halogens is 5. The zero-order valence-electron chi connectivity index (χ0n) is 23.6. The summed E-state index contributed by atoms with van der Waals surface area (Å²) >= 11 is 0. The lowest BCUT2D eigenvalue weighted by Crippen LogP contribution is -2.40. The van der Waals surface area contributed by atoms with E-state index in [1.54, 1.807) is 7.05 Å². The molecule has 2 aliphatic heterocycles. The molecule has 234 valence electrons. The van der Waals surface area contributed by atoms with Crippen LogP contribution in [-0.4, -0.2) is 44.9 Å². The van der Waals surface area contributed by atoms with E-state index >= 15 is 0 Å². The molecule has 2 heterocycles. The number of nitrogens with zero attached hydrogens (tertiary/aromatic N) is 2. The Balaban J connectivity index is 0.000000180. The molecule has 2 spiro atoms. The van der Waals surface area contributed by atoms with Crippen LogP contribution in [0.25, 0.3) is 0 Å². The topological polar surface area (TPSA) is 104 Å². The molecule has 0 atom stereocenters. The number of fused-ring (bicyclic) bond motifs is 4. The summed E-state index contributed by atoms with van der Waals surface area (Å²) < 4.78 is 92.4. The van der Waals surface area contributed by atoms with Gasteiger partial charge in [-0.3, -0.25) is 9.59 Å². The molecule has 8 nitrogen and oxygen atoms in total. The van der Waals surface area contributed by atoms with Gasteiger partial charge in [-0.05, 0) is 25.7 Å². The highest BCUT2D eigenvalue weighted by atomic mass is 32.2. The Bertz CT molecular complexity index is 1580. The van der Waals surface area contributed by atoms with Crippen LogP contribution in [0.3, 0.4) is 0 Å². The number of amides is 2. The predicted molar refractivity (Wildman–Crippen MR) is 146 cm³/mol.